The molecule has 3 aromatic rings. The predicted molar refractivity (Wildman–Crippen MR) is 69.6 cm³/mol. The van der Waals surface area contributed by atoms with Crippen molar-refractivity contribution in [3.8, 4) is 11.6 Å². The number of nitrogens with zero attached hydrogens (tertiary/aromatic N) is 2. The minimum absolute atomic E-state index is 0.154. The maximum atomic E-state index is 13.4. The van der Waals surface area contributed by atoms with Gasteiger partial charge in [-0.3, -0.25) is 14.8 Å². The number of H-pyrrole nitrogens is 1. The molecule has 2 aromatic heterocycles. The van der Waals surface area contributed by atoms with Gasteiger partial charge in [-0.1, -0.05) is 18.2 Å². The van der Waals surface area contributed by atoms with Gasteiger partial charge in [-0.05, 0) is 12.1 Å². The van der Waals surface area contributed by atoms with Gasteiger partial charge in [0.25, 0.3) is 5.56 Å². The van der Waals surface area contributed by atoms with Crippen LogP contribution in [0.25, 0.3) is 16.6 Å². The Kier molecular flexibility index (Phi) is 2.60. The number of aromatic hydroxyl groups is 1. The number of nitrogens with one attached hydrogen (secondary N) is 1. The largest absolute Gasteiger partial charge is 0.492 e. The van der Waals surface area contributed by atoms with Crippen LogP contribution in [0.3, 0.4) is 0 Å². The van der Waals surface area contributed by atoms with E-state index in [2.05, 4.69) is 4.98 Å². The zero-order chi connectivity index (χ0) is 14.3. The minimum atomic E-state index is -1.42. The van der Waals surface area contributed by atoms with Crippen LogP contribution in [0.2, 0.25) is 0 Å². The Morgan fingerprint density at radius 2 is 2.00 bits per heavy atom. The molecule has 0 spiro atoms. The van der Waals surface area contributed by atoms with Crippen LogP contribution in [0.15, 0.2) is 46.1 Å². The van der Waals surface area contributed by atoms with E-state index in [1.807, 2.05) is 0 Å². The zero-order valence-electron chi connectivity index (χ0n) is 10.0. The van der Waals surface area contributed by atoms with Crippen LogP contribution >= 0.6 is 0 Å². The van der Waals surface area contributed by atoms with Gasteiger partial charge in [0.15, 0.2) is 0 Å². The van der Waals surface area contributed by atoms with E-state index in [-0.39, 0.29) is 5.69 Å². The molecule has 0 bridgehead atoms. The lowest BCUT2D eigenvalue weighted by molar-refractivity contribution is 0.386. The highest BCUT2D eigenvalue weighted by atomic mass is 19.1. The summed E-state index contributed by atoms with van der Waals surface area (Å²) in [5.41, 5.74) is -1.36. The minimum Gasteiger partial charge on any atom is -0.492 e. The van der Waals surface area contributed by atoms with E-state index in [9.17, 15) is 19.1 Å². The van der Waals surface area contributed by atoms with Crippen molar-refractivity contribution < 1.29 is 9.50 Å². The highest BCUT2D eigenvalue weighted by molar-refractivity contribution is 5.80. The number of rotatable bonds is 1. The Balaban J connectivity index is 2.34. The molecule has 2 N–H and O–H groups in total. The summed E-state index contributed by atoms with van der Waals surface area (Å²) in [6, 6.07) is 8.68. The highest BCUT2D eigenvalue weighted by Crippen LogP contribution is 2.18. The van der Waals surface area contributed by atoms with Gasteiger partial charge in [-0.25, -0.2) is 9.36 Å². The summed E-state index contributed by atoms with van der Waals surface area (Å²) in [5.74, 6) is -2.46. The van der Waals surface area contributed by atoms with Gasteiger partial charge >= 0.3 is 5.69 Å². The van der Waals surface area contributed by atoms with Crippen LogP contribution in [-0.4, -0.2) is 19.6 Å². The van der Waals surface area contributed by atoms with E-state index in [0.717, 1.165) is 0 Å². The third-order valence-electron chi connectivity index (χ3n) is 2.87. The first-order valence-electron chi connectivity index (χ1n) is 5.67. The van der Waals surface area contributed by atoms with Gasteiger partial charge in [0.05, 0.1) is 17.4 Å². The van der Waals surface area contributed by atoms with Gasteiger partial charge in [0, 0.05) is 5.39 Å². The van der Waals surface area contributed by atoms with Gasteiger partial charge < -0.3 is 5.11 Å². The molecule has 7 heteroatoms. The summed E-state index contributed by atoms with van der Waals surface area (Å²) >= 11 is 0. The van der Waals surface area contributed by atoms with E-state index in [1.54, 1.807) is 35.3 Å². The fourth-order valence-electron chi connectivity index (χ4n) is 1.93. The Bertz CT molecular complexity index is 930. The second kappa shape index (κ2) is 4.30. The van der Waals surface area contributed by atoms with E-state index < -0.39 is 22.9 Å². The number of aromatic nitrogens is 3. The molecule has 0 unspecified atom stereocenters. The SMILES string of the molecule is O=c1[nH]c(=O)n(-c2cnc3ccccc3c2)c(O)c1F. The van der Waals surface area contributed by atoms with E-state index in [1.165, 1.54) is 6.20 Å². The summed E-state index contributed by atoms with van der Waals surface area (Å²) in [6.45, 7) is 0. The smallest absolute Gasteiger partial charge is 0.335 e. The molecule has 100 valence electrons. The molecule has 0 atom stereocenters. The molecule has 20 heavy (non-hydrogen) atoms. The molecule has 0 aliphatic carbocycles. The van der Waals surface area contributed by atoms with E-state index >= 15 is 0 Å². The molecular formula is C13H8FN3O3. The monoisotopic (exact) mass is 273 g/mol. The van der Waals surface area contributed by atoms with Crippen molar-refractivity contribution >= 4 is 10.9 Å². The van der Waals surface area contributed by atoms with E-state index in [0.29, 0.717) is 15.5 Å². The van der Waals surface area contributed by atoms with Gasteiger partial charge in [-0.15, -0.1) is 0 Å². The lowest BCUT2D eigenvalue weighted by Crippen LogP contribution is -2.30. The van der Waals surface area contributed by atoms with Crippen molar-refractivity contribution in [3.05, 3.63) is 63.2 Å². The maximum absolute atomic E-state index is 13.4. The lowest BCUT2D eigenvalue weighted by Gasteiger charge is -2.08. The van der Waals surface area contributed by atoms with Gasteiger partial charge in [-0.2, -0.15) is 4.39 Å². The van der Waals surface area contributed by atoms with Crippen LogP contribution in [0.1, 0.15) is 0 Å². The van der Waals surface area contributed by atoms with Crippen molar-refractivity contribution in [2.75, 3.05) is 0 Å². The number of hydrogen-bond donors (Lipinski definition) is 2. The molecule has 0 amide bonds. The fourth-order valence-corrected chi connectivity index (χ4v) is 1.93. The summed E-state index contributed by atoms with van der Waals surface area (Å²) in [4.78, 5) is 28.6. The molecule has 0 aliphatic heterocycles. The first kappa shape index (κ1) is 12.1. The Labute approximate surface area is 110 Å². The molecule has 0 fully saturated rings. The number of fused-ring (bicyclic) bond motifs is 1. The normalized spacial score (nSPS) is 10.8. The predicted octanol–water partition coefficient (Wildman–Crippen LogP) is 0.919. The molecule has 0 saturated heterocycles. The summed E-state index contributed by atoms with van der Waals surface area (Å²) < 4.78 is 14.0. The summed E-state index contributed by atoms with van der Waals surface area (Å²) in [7, 11) is 0. The number of halogens is 1. The quantitative estimate of drug-likeness (QED) is 0.690. The number of pyridine rings is 1. The van der Waals surface area contributed by atoms with Gasteiger partial charge in [0.1, 0.15) is 0 Å². The number of hydrogen-bond acceptors (Lipinski definition) is 4. The average Bonchev–Trinajstić information content (AvgIpc) is 2.45. The number of para-hydroxylation sites is 1. The molecule has 1 aromatic carbocycles. The first-order chi connectivity index (χ1) is 9.58. The lowest BCUT2D eigenvalue weighted by atomic mass is 10.2. The Morgan fingerprint density at radius 3 is 2.80 bits per heavy atom. The molecule has 0 radical (unpaired) electrons. The molecule has 3 rings (SSSR count). The van der Waals surface area contributed by atoms with Crippen molar-refractivity contribution in [2.24, 2.45) is 0 Å². The van der Waals surface area contributed by atoms with Crippen molar-refractivity contribution in [1.29, 1.82) is 0 Å². The second-order valence-electron chi connectivity index (χ2n) is 4.12. The van der Waals surface area contributed by atoms with Crippen molar-refractivity contribution in [3.63, 3.8) is 0 Å². The molecular weight excluding hydrogens is 265 g/mol. The Hall–Kier alpha value is -2.96. The molecule has 2 heterocycles. The average molecular weight is 273 g/mol. The molecule has 0 aliphatic rings. The fraction of sp³-hybridized carbons (Fsp3) is 0. The van der Waals surface area contributed by atoms with Crippen LogP contribution in [0.5, 0.6) is 5.88 Å². The zero-order valence-corrected chi connectivity index (χ0v) is 10.0. The first-order valence-corrected chi connectivity index (χ1v) is 5.67. The third kappa shape index (κ3) is 1.76. The van der Waals surface area contributed by atoms with Crippen molar-refractivity contribution in [2.45, 2.75) is 0 Å². The summed E-state index contributed by atoms with van der Waals surface area (Å²) in [5, 5.41) is 10.3. The van der Waals surface area contributed by atoms with Gasteiger partial charge in [0.2, 0.25) is 11.7 Å². The maximum Gasteiger partial charge on any atom is 0.335 e. The molecule has 6 nitrogen and oxygen atoms in total. The van der Waals surface area contributed by atoms with Crippen LogP contribution < -0.4 is 11.2 Å². The number of benzene rings is 1. The standard InChI is InChI=1S/C13H8FN3O3/c14-10-11(18)16-13(20)17(12(10)19)8-5-7-3-1-2-4-9(7)15-6-8/h1-6,19H,(H,16,18,20). The topological polar surface area (TPSA) is 88.0 Å². The highest BCUT2D eigenvalue weighted by Gasteiger charge is 2.15. The number of aromatic amines is 1. The second-order valence-corrected chi connectivity index (χ2v) is 4.12. The summed E-state index contributed by atoms with van der Waals surface area (Å²) in [6.07, 6.45) is 1.31. The van der Waals surface area contributed by atoms with Crippen molar-refractivity contribution in [1.82, 2.24) is 14.5 Å². The molecule has 0 saturated carbocycles. The van der Waals surface area contributed by atoms with Crippen LogP contribution in [-0.2, 0) is 0 Å². The van der Waals surface area contributed by atoms with Crippen LogP contribution in [0, 0.1) is 5.82 Å². The Morgan fingerprint density at radius 1 is 1.25 bits per heavy atom. The third-order valence-corrected chi connectivity index (χ3v) is 2.87. The van der Waals surface area contributed by atoms with E-state index in [4.69, 9.17) is 0 Å². The van der Waals surface area contributed by atoms with Crippen LogP contribution in [0.4, 0.5) is 4.39 Å².